The van der Waals surface area contributed by atoms with E-state index in [1.54, 1.807) is 6.20 Å². The Morgan fingerprint density at radius 3 is 3.00 bits per heavy atom. The second-order valence-corrected chi connectivity index (χ2v) is 2.91. The van der Waals surface area contributed by atoms with Gasteiger partial charge in [0.2, 0.25) is 5.95 Å². The van der Waals surface area contributed by atoms with Crippen molar-refractivity contribution in [3.63, 3.8) is 0 Å². The topological polar surface area (TPSA) is 37.8 Å². The van der Waals surface area contributed by atoms with Crippen molar-refractivity contribution in [1.29, 1.82) is 0 Å². The Bertz CT molecular complexity index is 238. The highest BCUT2D eigenvalue weighted by Gasteiger charge is 2.21. The van der Waals surface area contributed by atoms with E-state index < -0.39 is 0 Å². The van der Waals surface area contributed by atoms with Crippen LogP contribution in [0.1, 0.15) is 18.4 Å². The molecule has 0 unspecified atom stereocenters. The molecule has 1 aromatic rings. The average Bonchev–Trinajstić information content (AvgIpc) is 2.78. The van der Waals surface area contributed by atoms with Crippen LogP contribution < -0.4 is 5.32 Å². The van der Waals surface area contributed by atoms with Gasteiger partial charge in [0.15, 0.2) is 0 Å². The SMILES string of the molecule is Cc1[c]nc(NC2CC2)nc1. The molecular formula is C8H10N3. The number of nitrogens with zero attached hydrogens (tertiary/aromatic N) is 2. The lowest BCUT2D eigenvalue weighted by Gasteiger charge is -1.99. The molecule has 1 saturated carbocycles. The van der Waals surface area contributed by atoms with Gasteiger partial charge in [-0.25, -0.2) is 9.97 Å². The molecule has 0 amide bonds. The molecule has 0 aromatic carbocycles. The van der Waals surface area contributed by atoms with Crippen LogP contribution in [0.2, 0.25) is 0 Å². The number of hydrogen-bond donors (Lipinski definition) is 1. The van der Waals surface area contributed by atoms with Crippen LogP contribution >= 0.6 is 0 Å². The van der Waals surface area contributed by atoms with Gasteiger partial charge in [0.05, 0.1) is 6.20 Å². The Balaban J connectivity index is 2.06. The molecule has 57 valence electrons. The maximum absolute atomic E-state index is 4.10. The molecule has 1 aliphatic rings. The molecule has 3 nitrogen and oxygen atoms in total. The van der Waals surface area contributed by atoms with Gasteiger partial charge < -0.3 is 5.32 Å². The number of aryl methyl sites for hydroxylation is 1. The fourth-order valence-electron chi connectivity index (χ4n) is 0.837. The summed E-state index contributed by atoms with van der Waals surface area (Å²) < 4.78 is 0. The van der Waals surface area contributed by atoms with Crippen LogP contribution in [-0.4, -0.2) is 16.0 Å². The Morgan fingerprint density at radius 1 is 1.64 bits per heavy atom. The molecule has 1 radical (unpaired) electrons. The third-order valence-corrected chi connectivity index (χ3v) is 1.63. The smallest absolute Gasteiger partial charge is 0.223 e. The molecule has 1 N–H and O–H groups in total. The summed E-state index contributed by atoms with van der Waals surface area (Å²) >= 11 is 0. The molecule has 1 aliphatic carbocycles. The maximum Gasteiger partial charge on any atom is 0.223 e. The van der Waals surface area contributed by atoms with Gasteiger partial charge in [0.25, 0.3) is 0 Å². The predicted molar refractivity (Wildman–Crippen MR) is 42.2 cm³/mol. The van der Waals surface area contributed by atoms with E-state index in [2.05, 4.69) is 21.5 Å². The van der Waals surface area contributed by atoms with Crippen LogP contribution in [0.5, 0.6) is 0 Å². The quantitative estimate of drug-likeness (QED) is 0.683. The maximum atomic E-state index is 4.10. The highest BCUT2D eigenvalue weighted by molar-refractivity contribution is 5.27. The van der Waals surface area contributed by atoms with Crippen molar-refractivity contribution in [2.45, 2.75) is 25.8 Å². The van der Waals surface area contributed by atoms with Gasteiger partial charge in [-0.15, -0.1) is 0 Å². The monoisotopic (exact) mass is 148 g/mol. The summed E-state index contributed by atoms with van der Waals surface area (Å²) in [6.07, 6.45) is 7.13. The zero-order valence-electron chi connectivity index (χ0n) is 6.46. The molecule has 0 spiro atoms. The lowest BCUT2D eigenvalue weighted by Crippen LogP contribution is -2.04. The van der Waals surface area contributed by atoms with E-state index in [4.69, 9.17) is 0 Å². The van der Waals surface area contributed by atoms with Crippen molar-refractivity contribution in [2.24, 2.45) is 0 Å². The minimum atomic E-state index is 0.617. The van der Waals surface area contributed by atoms with Gasteiger partial charge in [-0.1, -0.05) is 0 Å². The minimum Gasteiger partial charge on any atom is -0.351 e. The van der Waals surface area contributed by atoms with E-state index in [0.29, 0.717) is 12.0 Å². The first-order valence-electron chi connectivity index (χ1n) is 3.82. The molecule has 1 aromatic heterocycles. The first-order valence-corrected chi connectivity index (χ1v) is 3.82. The van der Waals surface area contributed by atoms with E-state index in [9.17, 15) is 0 Å². The number of anilines is 1. The van der Waals surface area contributed by atoms with Gasteiger partial charge >= 0.3 is 0 Å². The molecule has 1 heterocycles. The van der Waals surface area contributed by atoms with Gasteiger partial charge in [0, 0.05) is 12.2 Å². The zero-order chi connectivity index (χ0) is 7.68. The van der Waals surface area contributed by atoms with E-state index in [-0.39, 0.29) is 0 Å². The molecule has 0 bridgehead atoms. The Morgan fingerprint density at radius 2 is 2.45 bits per heavy atom. The highest BCUT2D eigenvalue weighted by Crippen LogP contribution is 2.22. The largest absolute Gasteiger partial charge is 0.351 e. The first kappa shape index (κ1) is 6.58. The second kappa shape index (κ2) is 2.49. The Hall–Kier alpha value is -1.12. The summed E-state index contributed by atoms with van der Waals surface area (Å²) in [5.41, 5.74) is 0.978. The van der Waals surface area contributed by atoms with E-state index >= 15 is 0 Å². The minimum absolute atomic E-state index is 0.617. The Labute approximate surface area is 65.9 Å². The van der Waals surface area contributed by atoms with Crippen molar-refractivity contribution in [1.82, 2.24) is 9.97 Å². The first-order chi connectivity index (χ1) is 5.34. The molecule has 2 rings (SSSR count). The number of nitrogens with one attached hydrogen (secondary N) is 1. The summed E-state index contributed by atoms with van der Waals surface area (Å²) in [4.78, 5) is 8.12. The van der Waals surface area contributed by atoms with Gasteiger partial charge in [0.1, 0.15) is 0 Å². The van der Waals surface area contributed by atoms with Crippen molar-refractivity contribution in [3.05, 3.63) is 18.0 Å². The molecule has 3 heteroatoms. The lowest BCUT2D eigenvalue weighted by molar-refractivity contribution is 1.04. The molecule has 11 heavy (non-hydrogen) atoms. The fourth-order valence-corrected chi connectivity index (χ4v) is 0.837. The van der Waals surface area contributed by atoms with Crippen LogP contribution in [-0.2, 0) is 0 Å². The third kappa shape index (κ3) is 1.67. The van der Waals surface area contributed by atoms with E-state index in [0.717, 1.165) is 5.56 Å². The summed E-state index contributed by atoms with van der Waals surface area (Å²) in [5.74, 6) is 0.707. The highest BCUT2D eigenvalue weighted by atomic mass is 15.1. The number of rotatable bonds is 2. The molecule has 0 atom stereocenters. The van der Waals surface area contributed by atoms with Gasteiger partial charge in [-0.3, -0.25) is 0 Å². The second-order valence-electron chi connectivity index (χ2n) is 2.91. The summed E-state index contributed by atoms with van der Waals surface area (Å²) in [6.45, 7) is 1.93. The molecule has 1 fully saturated rings. The Kier molecular flexibility index (Phi) is 1.49. The van der Waals surface area contributed by atoms with Crippen LogP contribution in [0, 0.1) is 13.1 Å². The summed E-state index contributed by atoms with van der Waals surface area (Å²) in [6, 6.07) is 0.617. The summed E-state index contributed by atoms with van der Waals surface area (Å²) in [7, 11) is 0. The number of aromatic nitrogens is 2. The van der Waals surface area contributed by atoms with Crippen LogP contribution in [0.15, 0.2) is 6.20 Å². The van der Waals surface area contributed by atoms with E-state index in [1.807, 2.05) is 6.92 Å². The van der Waals surface area contributed by atoms with Gasteiger partial charge in [-0.2, -0.15) is 0 Å². The molecule has 0 saturated heterocycles. The lowest BCUT2D eigenvalue weighted by atomic mass is 10.4. The van der Waals surface area contributed by atoms with Crippen LogP contribution in [0.4, 0.5) is 5.95 Å². The van der Waals surface area contributed by atoms with Crippen molar-refractivity contribution in [3.8, 4) is 0 Å². The standard InChI is InChI=1S/C8H10N3/c1-6-4-9-8(10-5-6)11-7-2-3-7/h4,7H,2-3H2,1H3,(H,9,10,11). The van der Waals surface area contributed by atoms with Crippen LogP contribution in [0.25, 0.3) is 0 Å². The predicted octanol–water partition coefficient (Wildman–Crippen LogP) is 1.16. The molecule has 0 aliphatic heterocycles. The van der Waals surface area contributed by atoms with Gasteiger partial charge in [-0.05, 0) is 25.3 Å². The zero-order valence-corrected chi connectivity index (χ0v) is 6.46. The van der Waals surface area contributed by atoms with E-state index in [1.165, 1.54) is 12.8 Å². The number of hydrogen-bond acceptors (Lipinski definition) is 3. The van der Waals surface area contributed by atoms with Crippen molar-refractivity contribution < 1.29 is 0 Å². The van der Waals surface area contributed by atoms with Crippen LogP contribution in [0.3, 0.4) is 0 Å². The fraction of sp³-hybridized carbons (Fsp3) is 0.500. The average molecular weight is 148 g/mol. The summed E-state index contributed by atoms with van der Waals surface area (Å²) in [5, 5.41) is 3.19. The molecular weight excluding hydrogens is 138 g/mol. The van der Waals surface area contributed by atoms with Crippen molar-refractivity contribution in [2.75, 3.05) is 5.32 Å². The third-order valence-electron chi connectivity index (χ3n) is 1.63. The normalized spacial score (nSPS) is 16.5. The van der Waals surface area contributed by atoms with Crippen molar-refractivity contribution >= 4 is 5.95 Å².